The van der Waals surface area contributed by atoms with Gasteiger partial charge < -0.3 is 10.4 Å². The number of hydrogen-bond acceptors (Lipinski definition) is 4. The van der Waals surface area contributed by atoms with Crippen molar-refractivity contribution < 1.29 is 9.90 Å². The van der Waals surface area contributed by atoms with Gasteiger partial charge in [-0.15, -0.1) is 0 Å². The quantitative estimate of drug-likeness (QED) is 0.902. The lowest BCUT2D eigenvalue weighted by Crippen LogP contribution is -2.44. The highest BCUT2D eigenvalue weighted by Gasteiger charge is 2.29. The molecule has 1 amide bonds. The lowest BCUT2D eigenvalue weighted by Gasteiger charge is -2.32. The molecule has 1 aliphatic rings. The van der Waals surface area contributed by atoms with E-state index in [1.54, 1.807) is 16.8 Å². The highest BCUT2D eigenvalue weighted by Crippen LogP contribution is 2.27. The molecule has 2 N–H and O–H groups in total. The number of rotatable bonds is 4. The van der Waals surface area contributed by atoms with E-state index in [0.717, 1.165) is 43.0 Å². The van der Waals surface area contributed by atoms with Gasteiger partial charge >= 0.3 is 0 Å². The van der Waals surface area contributed by atoms with Crippen molar-refractivity contribution in [1.82, 2.24) is 20.1 Å². The molecule has 3 rings (SSSR count). The number of benzene rings is 1. The molecule has 0 aliphatic heterocycles. The molecule has 0 unspecified atom stereocenters. The number of nitrogens with one attached hydrogen (secondary N) is 1. The van der Waals surface area contributed by atoms with Crippen molar-refractivity contribution >= 4 is 5.91 Å². The topological polar surface area (TPSA) is 80.0 Å². The number of carbonyl (C=O) groups is 1. The van der Waals surface area contributed by atoms with Crippen LogP contribution in [-0.4, -0.2) is 37.9 Å². The molecule has 1 aromatic carbocycles. The van der Waals surface area contributed by atoms with E-state index in [4.69, 9.17) is 0 Å². The van der Waals surface area contributed by atoms with Gasteiger partial charge in [0.1, 0.15) is 11.6 Å². The zero-order valence-electron chi connectivity index (χ0n) is 14.2. The summed E-state index contributed by atoms with van der Waals surface area (Å²) in [4.78, 5) is 16.6. The lowest BCUT2D eigenvalue weighted by atomic mass is 9.85. The Balaban J connectivity index is 1.64. The van der Waals surface area contributed by atoms with Gasteiger partial charge in [-0.3, -0.25) is 4.79 Å². The van der Waals surface area contributed by atoms with Crippen molar-refractivity contribution in [3.8, 4) is 5.69 Å². The average Bonchev–Trinajstić information content (AvgIpc) is 2.92. The molecule has 1 heterocycles. The highest BCUT2D eigenvalue weighted by atomic mass is 16.3. The number of aromatic nitrogens is 3. The van der Waals surface area contributed by atoms with Crippen LogP contribution in [0.2, 0.25) is 0 Å². The fraction of sp³-hybridized carbons (Fsp3) is 0.500. The van der Waals surface area contributed by atoms with Crippen molar-refractivity contribution in [1.29, 1.82) is 0 Å². The summed E-state index contributed by atoms with van der Waals surface area (Å²) in [5, 5.41) is 17.7. The Morgan fingerprint density at radius 1 is 1.21 bits per heavy atom. The number of carbonyl (C=O) groups excluding carboxylic acids is 1. The van der Waals surface area contributed by atoms with E-state index in [0.29, 0.717) is 12.1 Å². The smallest absolute Gasteiger partial charge is 0.251 e. The lowest BCUT2D eigenvalue weighted by molar-refractivity contribution is 0.00526. The van der Waals surface area contributed by atoms with Crippen LogP contribution in [0.3, 0.4) is 0 Å². The molecular weight excluding hydrogens is 304 g/mol. The first-order valence-corrected chi connectivity index (χ1v) is 8.48. The van der Waals surface area contributed by atoms with Crippen LogP contribution >= 0.6 is 0 Å². The maximum atomic E-state index is 12.3. The zero-order chi connectivity index (χ0) is 17.2. The minimum absolute atomic E-state index is 0.160. The van der Waals surface area contributed by atoms with Crippen molar-refractivity contribution in [3.05, 3.63) is 41.5 Å². The zero-order valence-corrected chi connectivity index (χ0v) is 14.2. The molecule has 0 saturated heterocycles. The number of nitrogens with zero attached hydrogens (tertiary/aromatic N) is 3. The fourth-order valence-electron chi connectivity index (χ4n) is 3.25. The Bertz CT molecular complexity index is 715. The summed E-state index contributed by atoms with van der Waals surface area (Å²) in [7, 11) is 0. The van der Waals surface area contributed by atoms with Gasteiger partial charge in [0, 0.05) is 12.1 Å². The largest absolute Gasteiger partial charge is 0.388 e. The van der Waals surface area contributed by atoms with Crippen molar-refractivity contribution in [2.75, 3.05) is 6.54 Å². The van der Waals surface area contributed by atoms with E-state index in [1.165, 1.54) is 6.42 Å². The third-order valence-electron chi connectivity index (χ3n) is 4.61. The summed E-state index contributed by atoms with van der Waals surface area (Å²) in [5.41, 5.74) is 0.701. The van der Waals surface area contributed by atoms with Gasteiger partial charge in [-0.2, -0.15) is 5.10 Å². The summed E-state index contributed by atoms with van der Waals surface area (Å²) in [6.45, 7) is 4.06. The van der Waals surface area contributed by atoms with E-state index in [-0.39, 0.29) is 5.91 Å². The van der Waals surface area contributed by atoms with Crippen molar-refractivity contribution in [2.45, 2.75) is 51.6 Å². The highest BCUT2D eigenvalue weighted by molar-refractivity contribution is 5.94. The second kappa shape index (κ2) is 6.73. The van der Waals surface area contributed by atoms with Crippen molar-refractivity contribution in [2.24, 2.45) is 0 Å². The molecule has 1 aromatic heterocycles. The van der Waals surface area contributed by atoms with Crippen LogP contribution in [0.5, 0.6) is 0 Å². The van der Waals surface area contributed by atoms with Gasteiger partial charge in [0.2, 0.25) is 0 Å². The maximum Gasteiger partial charge on any atom is 0.251 e. The minimum atomic E-state index is -0.747. The van der Waals surface area contributed by atoms with Gasteiger partial charge in [-0.05, 0) is 51.0 Å². The number of aryl methyl sites for hydroxylation is 2. The summed E-state index contributed by atoms with van der Waals surface area (Å²) in [6, 6.07) is 7.24. The second-order valence-corrected chi connectivity index (χ2v) is 6.63. The predicted molar refractivity (Wildman–Crippen MR) is 91.2 cm³/mol. The molecule has 0 bridgehead atoms. The molecule has 0 radical (unpaired) electrons. The van der Waals surface area contributed by atoms with Crippen LogP contribution < -0.4 is 5.32 Å². The fourth-order valence-corrected chi connectivity index (χ4v) is 3.25. The molecule has 2 aromatic rings. The van der Waals surface area contributed by atoms with E-state index in [1.807, 2.05) is 26.0 Å². The summed E-state index contributed by atoms with van der Waals surface area (Å²) in [6.07, 6.45) is 4.74. The first-order chi connectivity index (χ1) is 11.5. The molecule has 1 fully saturated rings. The van der Waals surface area contributed by atoms with E-state index in [2.05, 4.69) is 15.4 Å². The normalized spacial score (nSPS) is 16.8. The van der Waals surface area contributed by atoms with Crippen LogP contribution in [0.4, 0.5) is 0 Å². The predicted octanol–water partition coefficient (Wildman–Crippen LogP) is 2.31. The van der Waals surface area contributed by atoms with Crippen LogP contribution in [-0.2, 0) is 0 Å². The SMILES string of the molecule is Cc1nc(C)n(-c2ccc(C(=O)NCC3(O)CCCCC3)cc2)n1. The molecule has 0 spiro atoms. The van der Waals surface area contributed by atoms with E-state index >= 15 is 0 Å². The van der Waals surface area contributed by atoms with Crippen LogP contribution in [0, 0.1) is 13.8 Å². The first-order valence-electron chi connectivity index (χ1n) is 8.48. The number of amides is 1. The van der Waals surface area contributed by atoms with Crippen LogP contribution in [0.1, 0.15) is 54.1 Å². The molecule has 0 atom stereocenters. The van der Waals surface area contributed by atoms with Gasteiger partial charge in [-0.25, -0.2) is 9.67 Å². The number of aliphatic hydroxyl groups is 1. The Hall–Kier alpha value is -2.21. The summed E-state index contributed by atoms with van der Waals surface area (Å²) < 4.78 is 1.75. The average molecular weight is 328 g/mol. The summed E-state index contributed by atoms with van der Waals surface area (Å²) >= 11 is 0. The van der Waals surface area contributed by atoms with E-state index < -0.39 is 5.60 Å². The maximum absolute atomic E-state index is 12.3. The molecule has 6 heteroatoms. The monoisotopic (exact) mass is 328 g/mol. The van der Waals surface area contributed by atoms with Gasteiger partial charge in [0.15, 0.2) is 0 Å². The summed E-state index contributed by atoms with van der Waals surface area (Å²) in [5.74, 6) is 1.37. The Morgan fingerprint density at radius 2 is 1.88 bits per heavy atom. The third kappa shape index (κ3) is 3.64. The van der Waals surface area contributed by atoms with E-state index in [9.17, 15) is 9.90 Å². The molecule has 1 saturated carbocycles. The standard InChI is InChI=1S/C18H24N4O2/c1-13-20-14(2)22(21-13)16-8-6-15(7-9-16)17(23)19-12-18(24)10-4-3-5-11-18/h6-9,24H,3-5,10-12H2,1-2H3,(H,19,23). The molecule has 6 nitrogen and oxygen atoms in total. The Kier molecular flexibility index (Phi) is 4.66. The molecule has 24 heavy (non-hydrogen) atoms. The van der Waals surface area contributed by atoms with Crippen LogP contribution in [0.15, 0.2) is 24.3 Å². The second-order valence-electron chi connectivity index (χ2n) is 6.63. The Morgan fingerprint density at radius 3 is 2.46 bits per heavy atom. The Labute approximate surface area is 141 Å². The molecular formula is C18H24N4O2. The van der Waals surface area contributed by atoms with Gasteiger partial charge in [0.25, 0.3) is 5.91 Å². The van der Waals surface area contributed by atoms with Crippen molar-refractivity contribution in [3.63, 3.8) is 0 Å². The minimum Gasteiger partial charge on any atom is -0.388 e. The third-order valence-corrected chi connectivity index (χ3v) is 4.61. The number of hydrogen-bond donors (Lipinski definition) is 2. The van der Waals surface area contributed by atoms with Crippen LogP contribution in [0.25, 0.3) is 5.69 Å². The molecule has 1 aliphatic carbocycles. The first kappa shape index (κ1) is 16.6. The van der Waals surface area contributed by atoms with Gasteiger partial charge in [0.05, 0.1) is 11.3 Å². The van der Waals surface area contributed by atoms with Gasteiger partial charge in [-0.1, -0.05) is 19.3 Å². The molecule has 128 valence electrons.